The van der Waals surface area contributed by atoms with Crippen LogP contribution in [0.3, 0.4) is 0 Å². The maximum Gasteiger partial charge on any atom is 0.160 e. The summed E-state index contributed by atoms with van der Waals surface area (Å²) in [5.41, 5.74) is 0. The molecular weight excluding hydrogens is 236 g/mol. The van der Waals surface area contributed by atoms with Crippen molar-refractivity contribution < 1.29 is 9.47 Å². The molecule has 2 fully saturated rings. The molecule has 0 aromatic heterocycles. The van der Waals surface area contributed by atoms with Gasteiger partial charge in [0.1, 0.15) is 0 Å². The molecule has 1 saturated heterocycles. The molecule has 0 radical (unpaired) electrons. The Morgan fingerprint density at radius 2 is 1.68 bits per heavy atom. The lowest BCUT2D eigenvalue weighted by molar-refractivity contribution is -0.241. The summed E-state index contributed by atoms with van der Waals surface area (Å²) in [4.78, 5) is 0. The zero-order valence-electron chi connectivity index (χ0n) is 12.9. The van der Waals surface area contributed by atoms with Crippen LogP contribution >= 0.6 is 0 Å². The molecule has 0 N–H and O–H groups in total. The highest BCUT2D eigenvalue weighted by atomic mass is 16.7. The molecule has 2 atom stereocenters. The van der Waals surface area contributed by atoms with Crippen molar-refractivity contribution in [3.63, 3.8) is 0 Å². The van der Waals surface area contributed by atoms with Crippen molar-refractivity contribution in [2.24, 2.45) is 11.8 Å². The summed E-state index contributed by atoms with van der Waals surface area (Å²) in [5.74, 6) is 1.64. The van der Waals surface area contributed by atoms with Crippen LogP contribution in [0.2, 0.25) is 0 Å². The van der Waals surface area contributed by atoms with Crippen molar-refractivity contribution >= 4 is 0 Å². The predicted molar refractivity (Wildman–Crippen MR) is 79.1 cm³/mol. The third-order valence-electron chi connectivity index (χ3n) is 4.90. The summed E-state index contributed by atoms with van der Waals surface area (Å²) in [6.07, 6.45) is 13.6. The van der Waals surface area contributed by atoms with Crippen LogP contribution in [0.1, 0.15) is 78.1 Å². The molecule has 0 aromatic carbocycles. The van der Waals surface area contributed by atoms with Gasteiger partial charge in [-0.15, -0.1) is 0 Å². The van der Waals surface area contributed by atoms with Gasteiger partial charge in [0.25, 0.3) is 0 Å². The van der Waals surface area contributed by atoms with Gasteiger partial charge < -0.3 is 9.47 Å². The van der Waals surface area contributed by atoms with Gasteiger partial charge in [0, 0.05) is 5.92 Å². The van der Waals surface area contributed by atoms with Gasteiger partial charge in [-0.1, -0.05) is 39.5 Å². The van der Waals surface area contributed by atoms with Crippen LogP contribution < -0.4 is 0 Å². The van der Waals surface area contributed by atoms with Crippen molar-refractivity contribution in [2.75, 3.05) is 6.61 Å². The Morgan fingerprint density at radius 3 is 2.37 bits per heavy atom. The van der Waals surface area contributed by atoms with E-state index < -0.39 is 0 Å². The van der Waals surface area contributed by atoms with Crippen LogP contribution in [-0.2, 0) is 9.47 Å². The smallest absolute Gasteiger partial charge is 0.160 e. The minimum absolute atomic E-state index is 0.109. The largest absolute Gasteiger partial charge is 0.352 e. The van der Waals surface area contributed by atoms with Crippen LogP contribution in [-0.4, -0.2) is 19.0 Å². The molecule has 2 rings (SSSR count). The maximum atomic E-state index is 6.20. The molecule has 2 nitrogen and oxygen atoms in total. The van der Waals surface area contributed by atoms with Crippen molar-refractivity contribution in [1.29, 1.82) is 0 Å². The van der Waals surface area contributed by atoms with Gasteiger partial charge in [0.15, 0.2) is 6.29 Å². The molecule has 1 aliphatic carbocycles. The zero-order chi connectivity index (χ0) is 13.5. The quantitative estimate of drug-likeness (QED) is 0.681. The number of hydrogen-bond acceptors (Lipinski definition) is 2. The Kier molecular flexibility index (Phi) is 6.66. The van der Waals surface area contributed by atoms with Crippen molar-refractivity contribution in [3.8, 4) is 0 Å². The average Bonchev–Trinajstić information content (AvgIpc) is 2.46. The van der Waals surface area contributed by atoms with E-state index in [1.54, 1.807) is 0 Å². The molecular formula is C17H32O2. The lowest BCUT2D eigenvalue weighted by Gasteiger charge is -2.38. The average molecular weight is 268 g/mol. The Hall–Kier alpha value is -0.0800. The zero-order valence-corrected chi connectivity index (χ0v) is 12.9. The highest BCUT2D eigenvalue weighted by molar-refractivity contribution is 4.77. The highest BCUT2D eigenvalue weighted by Gasteiger charge is 2.32. The van der Waals surface area contributed by atoms with Gasteiger partial charge in [0.2, 0.25) is 0 Å². The lowest BCUT2D eigenvalue weighted by atomic mass is 9.79. The number of hydrogen-bond donors (Lipinski definition) is 0. The second-order valence-electron chi connectivity index (χ2n) is 6.50. The van der Waals surface area contributed by atoms with E-state index >= 15 is 0 Å². The van der Waals surface area contributed by atoms with E-state index in [0.29, 0.717) is 12.0 Å². The molecule has 2 aliphatic rings. The molecule has 0 amide bonds. The van der Waals surface area contributed by atoms with Gasteiger partial charge >= 0.3 is 0 Å². The monoisotopic (exact) mass is 268 g/mol. The second kappa shape index (κ2) is 8.26. The van der Waals surface area contributed by atoms with E-state index in [9.17, 15) is 0 Å². The molecule has 0 bridgehead atoms. The fourth-order valence-corrected chi connectivity index (χ4v) is 3.66. The molecule has 1 saturated carbocycles. The van der Waals surface area contributed by atoms with Crippen LogP contribution in [0.4, 0.5) is 0 Å². The topological polar surface area (TPSA) is 18.5 Å². The number of unbranched alkanes of at least 4 members (excludes halogenated alkanes) is 1. The first-order valence-corrected chi connectivity index (χ1v) is 8.60. The van der Waals surface area contributed by atoms with Gasteiger partial charge in [0.05, 0.1) is 12.7 Å². The fourth-order valence-electron chi connectivity index (χ4n) is 3.66. The van der Waals surface area contributed by atoms with Crippen LogP contribution in [0.25, 0.3) is 0 Å². The summed E-state index contributed by atoms with van der Waals surface area (Å²) in [7, 11) is 0. The van der Waals surface area contributed by atoms with E-state index in [1.807, 2.05) is 0 Å². The minimum atomic E-state index is 0.109. The van der Waals surface area contributed by atoms with E-state index in [-0.39, 0.29) is 6.29 Å². The maximum absolute atomic E-state index is 6.20. The molecule has 1 aliphatic heterocycles. The van der Waals surface area contributed by atoms with E-state index in [2.05, 4.69) is 13.8 Å². The Labute approximate surface area is 119 Å². The molecule has 1 heterocycles. The summed E-state index contributed by atoms with van der Waals surface area (Å²) in [6.45, 7) is 5.47. The molecule has 2 unspecified atom stereocenters. The van der Waals surface area contributed by atoms with Gasteiger partial charge in [-0.2, -0.15) is 0 Å². The van der Waals surface area contributed by atoms with Gasteiger partial charge in [-0.25, -0.2) is 0 Å². The normalized spacial score (nSPS) is 36.3. The Bertz CT molecular complexity index is 233. The van der Waals surface area contributed by atoms with Crippen molar-refractivity contribution in [3.05, 3.63) is 0 Å². The minimum Gasteiger partial charge on any atom is -0.352 e. The highest BCUT2D eigenvalue weighted by Crippen LogP contribution is 2.36. The first-order chi connectivity index (χ1) is 9.33. The molecule has 112 valence electrons. The molecule has 0 aromatic rings. The standard InChI is InChI=1S/C17H32O2/c1-3-5-7-16-12-13-18-17(19-16)15-10-8-14(6-4-2)9-11-15/h14-17H,3-13H2,1-2H3. The van der Waals surface area contributed by atoms with E-state index in [1.165, 1.54) is 57.8 Å². The third kappa shape index (κ3) is 4.75. The van der Waals surface area contributed by atoms with Gasteiger partial charge in [-0.05, 0) is 44.4 Å². The van der Waals surface area contributed by atoms with E-state index in [4.69, 9.17) is 9.47 Å². The van der Waals surface area contributed by atoms with Crippen molar-refractivity contribution in [1.82, 2.24) is 0 Å². The van der Waals surface area contributed by atoms with Crippen LogP contribution in [0.5, 0.6) is 0 Å². The first-order valence-electron chi connectivity index (χ1n) is 8.60. The first kappa shape index (κ1) is 15.3. The Balaban J connectivity index is 1.72. The fraction of sp³-hybridized carbons (Fsp3) is 1.00. The summed E-state index contributed by atoms with van der Waals surface area (Å²) in [6, 6.07) is 0. The molecule has 19 heavy (non-hydrogen) atoms. The number of ether oxygens (including phenoxy) is 2. The van der Waals surface area contributed by atoms with E-state index in [0.717, 1.165) is 18.9 Å². The second-order valence-corrected chi connectivity index (χ2v) is 6.50. The number of rotatable bonds is 6. The molecule has 0 spiro atoms. The van der Waals surface area contributed by atoms with Crippen LogP contribution in [0, 0.1) is 11.8 Å². The summed E-state index contributed by atoms with van der Waals surface area (Å²) in [5, 5.41) is 0. The Morgan fingerprint density at radius 1 is 0.895 bits per heavy atom. The summed E-state index contributed by atoms with van der Waals surface area (Å²) < 4.78 is 12.1. The third-order valence-corrected chi connectivity index (χ3v) is 4.90. The van der Waals surface area contributed by atoms with Gasteiger partial charge in [-0.3, -0.25) is 0 Å². The summed E-state index contributed by atoms with van der Waals surface area (Å²) >= 11 is 0. The molecule has 2 heteroatoms. The van der Waals surface area contributed by atoms with Crippen LogP contribution in [0.15, 0.2) is 0 Å². The SMILES string of the molecule is CCCCC1CCOC(C2CCC(CCC)CC2)O1. The predicted octanol–water partition coefficient (Wildman–Crippen LogP) is 4.91. The lowest BCUT2D eigenvalue weighted by Crippen LogP contribution is -2.38. The van der Waals surface area contributed by atoms with Crippen molar-refractivity contribution in [2.45, 2.75) is 90.4 Å².